The topological polar surface area (TPSA) is 50.4 Å². The van der Waals surface area contributed by atoms with Crippen molar-refractivity contribution in [3.63, 3.8) is 0 Å². The van der Waals surface area contributed by atoms with E-state index >= 15 is 0 Å². The number of thiocarbonyl (C=S) groups is 1. The van der Waals surface area contributed by atoms with Crippen molar-refractivity contribution in [3.05, 3.63) is 101 Å². The van der Waals surface area contributed by atoms with E-state index in [-0.39, 0.29) is 12.0 Å². The molecule has 0 radical (unpaired) electrons. The fourth-order valence-electron chi connectivity index (χ4n) is 2.99. The van der Waals surface area contributed by atoms with Crippen molar-refractivity contribution in [1.29, 1.82) is 0 Å². The van der Waals surface area contributed by atoms with Gasteiger partial charge in [0, 0.05) is 5.69 Å². The Morgan fingerprint density at radius 1 is 0.929 bits per heavy atom. The summed E-state index contributed by atoms with van der Waals surface area (Å²) >= 11 is 5.54. The van der Waals surface area contributed by atoms with Crippen LogP contribution < -0.4 is 10.6 Å². The minimum Gasteiger partial charge on any atom is -0.465 e. The predicted octanol–water partition coefficient (Wildman–Crippen LogP) is 4.86. The highest BCUT2D eigenvalue weighted by Gasteiger charge is 2.15. The average molecular weight is 391 g/mol. The molecule has 28 heavy (non-hydrogen) atoms. The highest BCUT2D eigenvalue weighted by atomic mass is 32.1. The number of ether oxygens (including phenoxy) is 1. The first kappa shape index (κ1) is 19.6. The standard InChI is InChI=1S/C23H22N2O2S/c1-16-8-6-11-18(14-16)21(17-9-4-3-5-10-17)25-23(28)24-20-13-7-12-19(15-20)22(26)27-2/h3-15,21H,1-2H3,(H2,24,25,28)/t21-/m1/s1. The van der Waals surface area contributed by atoms with E-state index in [1.54, 1.807) is 18.2 Å². The van der Waals surface area contributed by atoms with Gasteiger partial charge in [-0.25, -0.2) is 4.79 Å². The number of hydrogen-bond donors (Lipinski definition) is 2. The normalized spacial score (nSPS) is 11.4. The van der Waals surface area contributed by atoms with Crippen LogP contribution in [0.4, 0.5) is 5.69 Å². The van der Waals surface area contributed by atoms with Crippen LogP contribution in [-0.2, 0) is 4.74 Å². The summed E-state index contributed by atoms with van der Waals surface area (Å²) in [6.07, 6.45) is 0. The number of methoxy groups -OCH3 is 1. The van der Waals surface area contributed by atoms with Gasteiger partial charge in [-0.1, -0.05) is 66.2 Å². The molecule has 0 aromatic heterocycles. The highest BCUT2D eigenvalue weighted by molar-refractivity contribution is 7.80. The van der Waals surface area contributed by atoms with E-state index in [9.17, 15) is 4.79 Å². The lowest BCUT2D eigenvalue weighted by atomic mass is 9.97. The Morgan fingerprint density at radius 3 is 2.36 bits per heavy atom. The average Bonchev–Trinajstić information content (AvgIpc) is 2.72. The van der Waals surface area contributed by atoms with Crippen molar-refractivity contribution in [2.45, 2.75) is 13.0 Å². The third-order valence-electron chi connectivity index (χ3n) is 4.33. The Balaban J connectivity index is 1.81. The summed E-state index contributed by atoms with van der Waals surface area (Å²) in [5, 5.41) is 7.02. The summed E-state index contributed by atoms with van der Waals surface area (Å²) in [4.78, 5) is 11.7. The van der Waals surface area contributed by atoms with Gasteiger partial charge in [0.2, 0.25) is 0 Å². The van der Waals surface area contributed by atoms with Crippen LogP contribution >= 0.6 is 12.2 Å². The molecule has 3 aromatic carbocycles. The van der Waals surface area contributed by atoms with Gasteiger partial charge in [0.25, 0.3) is 0 Å². The number of anilines is 1. The Labute approximate surface area is 170 Å². The molecule has 0 heterocycles. The van der Waals surface area contributed by atoms with E-state index < -0.39 is 0 Å². The van der Waals surface area contributed by atoms with E-state index in [1.165, 1.54) is 12.7 Å². The molecule has 0 aliphatic rings. The van der Waals surface area contributed by atoms with Crippen LogP contribution in [0.15, 0.2) is 78.9 Å². The number of carbonyl (C=O) groups excluding carboxylic acids is 1. The Kier molecular flexibility index (Phi) is 6.40. The minimum atomic E-state index is -0.385. The molecule has 1 atom stereocenters. The lowest BCUT2D eigenvalue weighted by Gasteiger charge is -2.22. The predicted molar refractivity (Wildman–Crippen MR) is 117 cm³/mol. The van der Waals surface area contributed by atoms with Crippen LogP contribution in [0.3, 0.4) is 0 Å². The summed E-state index contributed by atoms with van der Waals surface area (Å²) < 4.78 is 4.77. The summed E-state index contributed by atoms with van der Waals surface area (Å²) in [5.41, 5.74) is 4.61. The van der Waals surface area contributed by atoms with E-state index in [1.807, 2.05) is 30.3 Å². The lowest BCUT2D eigenvalue weighted by molar-refractivity contribution is 0.0601. The van der Waals surface area contributed by atoms with Gasteiger partial charge in [-0.3, -0.25) is 0 Å². The zero-order valence-corrected chi connectivity index (χ0v) is 16.6. The highest BCUT2D eigenvalue weighted by Crippen LogP contribution is 2.23. The molecule has 0 spiro atoms. The van der Waals surface area contributed by atoms with Crippen molar-refractivity contribution in [3.8, 4) is 0 Å². The van der Waals surface area contributed by atoms with Crippen LogP contribution in [0.5, 0.6) is 0 Å². The van der Waals surface area contributed by atoms with Crippen LogP contribution in [0.2, 0.25) is 0 Å². The molecular weight excluding hydrogens is 368 g/mol. The Morgan fingerprint density at radius 2 is 1.64 bits per heavy atom. The summed E-state index contributed by atoms with van der Waals surface area (Å²) in [7, 11) is 1.36. The Hall–Kier alpha value is -3.18. The second-order valence-electron chi connectivity index (χ2n) is 6.43. The molecule has 0 saturated carbocycles. The molecule has 0 unspecified atom stereocenters. The molecule has 3 aromatic rings. The van der Waals surface area contributed by atoms with Gasteiger partial charge >= 0.3 is 5.97 Å². The molecule has 142 valence electrons. The molecule has 4 nitrogen and oxygen atoms in total. The number of esters is 1. The van der Waals surface area contributed by atoms with Gasteiger partial charge in [-0.15, -0.1) is 0 Å². The monoisotopic (exact) mass is 390 g/mol. The maximum atomic E-state index is 11.7. The van der Waals surface area contributed by atoms with Gasteiger partial charge in [-0.05, 0) is 48.5 Å². The largest absolute Gasteiger partial charge is 0.465 e. The van der Waals surface area contributed by atoms with Crippen LogP contribution in [-0.4, -0.2) is 18.2 Å². The van der Waals surface area contributed by atoms with Crippen molar-refractivity contribution in [2.24, 2.45) is 0 Å². The molecule has 0 fully saturated rings. The summed E-state index contributed by atoms with van der Waals surface area (Å²) in [6, 6.07) is 25.4. The third kappa shape index (κ3) is 4.96. The van der Waals surface area contributed by atoms with E-state index in [4.69, 9.17) is 17.0 Å². The SMILES string of the molecule is COC(=O)c1cccc(NC(=S)N[C@H](c2ccccc2)c2cccc(C)c2)c1. The first-order valence-corrected chi connectivity index (χ1v) is 9.35. The second kappa shape index (κ2) is 9.15. The number of rotatable bonds is 5. The quantitative estimate of drug-likeness (QED) is 0.481. The number of carbonyl (C=O) groups is 1. The van der Waals surface area contributed by atoms with Gasteiger partial charge in [0.15, 0.2) is 5.11 Å². The fourth-order valence-corrected chi connectivity index (χ4v) is 3.23. The molecule has 0 aliphatic carbocycles. The lowest BCUT2D eigenvalue weighted by Crippen LogP contribution is -2.33. The van der Waals surface area contributed by atoms with Crippen molar-refractivity contribution >= 4 is 29.0 Å². The molecule has 3 rings (SSSR count). The zero-order valence-electron chi connectivity index (χ0n) is 15.8. The van der Waals surface area contributed by atoms with Crippen LogP contribution in [0, 0.1) is 6.92 Å². The minimum absolute atomic E-state index is 0.0927. The van der Waals surface area contributed by atoms with Gasteiger partial charge in [-0.2, -0.15) is 0 Å². The maximum Gasteiger partial charge on any atom is 0.337 e. The molecule has 5 heteroatoms. The van der Waals surface area contributed by atoms with Gasteiger partial charge in [0.1, 0.15) is 0 Å². The Bertz CT molecular complexity index is 973. The van der Waals surface area contributed by atoms with Crippen molar-refractivity contribution in [1.82, 2.24) is 5.32 Å². The number of aryl methyl sites for hydroxylation is 1. The van der Waals surface area contributed by atoms with E-state index in [2.05, 4.69) is 47.9 Å². The number of benzene rings is 3. The smallest absolute Gasteiger partial charge is 0.337 e. The molecule has 2 N–H and O–H groups in total. The first-order chi connectivity index (χ1) is 13.6. The van der Waals surface area contributed by atoms with E-state index in [0.717, 1.165) is 16.8 Å². The first-order valence-electron chi connectivity index (χ1n) is 8.94. The third-order valence-corrected chi connectivity index (χ3v) is 4.55. The van der Waals surface area contributed by atoms with Gasteiger partial charge < -0.3 is 15.4 Å². The second-order valence-corrected chi connectivity index (χ2v) is 6.84. The molecule has 0 saturated heterocycles. The van der Waals surface area contributed by atoms with Crippen LogP contribution in [0.25, 0.3) is 0 Å². The molecule has 0 aliphatic heterocycles. The number of nitrogens with one attached hydrogen (secondary N) is 2. The number of hydrogen-bond acceptors (Lipinski definition) is 3. The van der Waals surface area contributed by atoms with E-state index in [0.29, 0.717) is 10.7 Å². The van der Waals surface area contributed by atoms with Gasteiger partial charge in [0.05, 0.1) is 18.7 Å². The molecule has 0 bridgehead atoms. The summed E-state index contributed by atoms with van der Waals surface area (Å²) in [6.45, 7) is 2.07. The maximum absolute atomic E-state index is 11.7. The zero-order chi connectivity index (χ0) is 19.9. The fraction of sp³-hybridized carbons (Fsp3) is 0.130. The molecule has 0 amide bonds. The summed E-state index contributed by atoms with van der Waals surface area (Å²) in [5.74, 6) is -0.385. The van der Waals surface area contributed by atoms with Crippen molar-refractivity contribution in [2.75, 3.05) is 12.4 Å². The molecular formula is C23H22N2O2S. The van der Waals surface area contributed by atoms with Crippen molar-refractivity contribution < 1.29 is 9.53 Å². The van der Waals surface area contributed by atoms with Crippen LogP contribution in [0.1, 0.15) is 33.1 Å².